The molecular formula is C14H17BrN2OS. The zero-order valence-electron chi connectivity index (χ0n) is 11.0. The molecule has 2 aromatic rings. The Hall–Kier alpha value is -0.910. The van der Waals surface area contributed by atoms with Gasteiger partial charge in [0.05, 0.1) is 30.2 Å². The average Bonchev–Trinajstić information content (AvgIpc) is 2.83. The molecule has 2 heterocycles. The van der Waals surface area contributed by atoms with Crippen molar-refractivity contribution in [2.24, 2.45) is 0 Å². The van der Waals surface area contributed by atoms with Crippen LogP contribution >= 0.6 is 27.3 Å². The van der Waals surface area contributed by atoms with Crippen molar-refractivity contribution in [2.75, 3.05) is 11.9 Å². The molecule has 0 saturated carbocycles. The Balaban J connectivity index is 2.05. The predicted octanol–water partition coefficient (Wildman–Crippen LogP) is 3.99. The van der Waals surface area contributed by atoms with Crippen LogP contribution in [0.1, 0.15) is 30.0 Å². The topological polar surface area (TPSA) is 36.4 Å². The summed E-state index contributed by atoms with van der Waals surface area (Å²) in [7, 11) is 2.04. The quantitative estimate of drug-likeness (QED) is 0.893. The molecule has 0 aliphatic rings. The Bertz CT molecular complexity index is 526. The van der Waals surface area contributed by atoms with Gasteiger partial charge in [0, 0.05) is 21.8 Å². The zero-order chi connectivity index (χ0) is 13.8. The number of aromatic nitrogens is 1. The fourth-order valence-corrected chi connectivity index (χ4v) is 3.29. The van der Waals surface area contributed by atoms with E-state index in [-0.39, 0.29) is 0 Å². The van der Waals surface area contributed by atoms with Gasteiger partial charge in [0.2, 0.25) is 0 Å². The van der Waals surface area contributed by atoms with Crippen LogP contribution in [0.2, 0.25) is 0 Å². The van der Waals surface area contributed by atoms with Gasteiger partial charge in [-0.1, -0.05) is 6.92 Å². The molecule has 1 atom stereocenters. The molecule has 0 aromatic carbocycles. The third-order valence-electron chi connectivity index (χ3n) is 2.95. The average molecular weight is 341 g/mol. The van der Waals surface area contributed by atoms with Crippen LogP contribution in [0, 0.1) is 0 Å². The van der Waals surface area contributed by atoms with Crippen molar-refractivity contribution in [1.82, 2.24) is 4.98 Å². The summed E-state index contributed by atoms with van der Waals surface area (Å²) in [5, 5.41) is 11.8. The highest BCUT2D eigenvalue weighted by Gasteiger charge is 2.08. The number of anilines is 1. The van der Waals surface area contributed by atoms with Gasteiger partial charge in [-0.05, 0) is 40.5 Å². The van der Waals surface area contributed by atoms with Crippen molar-refractivity contribution in [3.63, 3.8) is 0 Å². The van der Waals surface area contributed by atoms with E-state index >= 15 is 0 Å². The summed E-state index contributed by atoms with van der Waals surface area (Å²) in [4.78, 5) is 7.76. The van der Waals surface area contributed by atoms with Crippen LogP contribution in [0.5, 0.6) is 0 Å². The molecule has 0 aliphatic carbocycles. The van der Waals surface area contributed by atoms with E-state index in [1.165, 1.54) is 4.88 Å². The van der Waals surface area contributed by atoms with Gasteiger partial charge in [-0.2, -0.15) is 0 Å². The second-order valence-electron chi connectivity index (χ2n) is 4.45. The highest BCUT2D eigenvalue weighted by Crippen LogP contribution is 2.23. The SMILES string of the molecule is CC[C@@H](O)c1ccc(N(C)Cc2cc(Br)cs2)cn1. The number of nitrogens with zero attached hydrogens (tertiary/aromatic N) is 2. The van der Waals surface area contributed by atoms with Gasteiger partial charge in [-0.15, -0.1) is 11.3 Å². The summed E-state index contributed by atoms with van der Waals surface area (Å²) in [5.41, 5.74) is 1.79. The Morgan fingerprint density at radius 2 is 2.26 bits per heavy atom. The number of rotatable bonds is 5. The molecule has 1 N–H and O–H groups in total. The zero-order valence-corrected chi connectivity index (χ0v) is 13.4. The molecule has 0 amide bonds. The van der Waals surface area contributed by atoms with Crippen LogP contribution < -0.4 is 4.90 Å². The monoisotopic (exact) mass is 340 g/mol. The van der Waals surface area contributed by atoms with Crippen molar-refractivity contribution >= 4 is 33.0 Å². The summed E-state index contributed by atoms with van der Waals surface area (Å²) < 4.78 is 1.13. The van der Waals surface area contributed by atoms with E-state index in [4.69, 9.17) is 0 Å². The van der Waals surface area contributed by atoms with E-state index in [1.807, 2.05) is 32.3 Å². The number of aliphatic hydroxyl groups excluding tert-OH is 1. The van der Waals surface area contributed by atoms with Gasteiger partial charge in [0.1, 0.15) is 0 Å². The minimum absolute atomic E-state index is 0.465. The van der Waals surface area contributed by atoms with Crippen LogP contribution in [-0.4, -0.2) is 17.1 Å². The van der Waals surface area contributed by atoms with Gasteiger partial charge >= 0.3 is 0 Å². The summed E-state index contributed by atoms with van der Waals surface area (Å²) in [6.07, 6.45) is 2.04. The maximum atomic E-state index is 9.72. The number of halogens is 1. The highest BCUT2D eigenvalue weighted by molar-refractivity contribution is 9.10. The maximum absolute atomic E-state index is 9.72. The molecule has 0 saturated heterocycles. The first-order valence-electron chi connectivity index (χ1n) is 6.18. The third-order valence-corrected chi connectivity index (χ3v) is 4.64. The molecule has 0 fully saturated rings. The molecule has 2 rings (SSSR count). The lowest BCUT2D eigenvalue weighted by atomic mass is 10.2. The second kappa shape index (κ2) is 6.50. The van der Waals surface area contributed by atoms with Crippen molar-refractivity contribution in [3.05, 3.63) is 44.8 Å². The van der Waals surface area contributed by atoms with E-state index in [2.05, 4.69) is 37.3 Å². The number of hydrogen-bond donors (Lipinski definition) is 1. The first kappa shape index (κ1) is 14.5. The van der Waals surface area contributed by atoms with Crippen LogP contribution in [0.25, 0.3) is 0 Å². The summed E-state index contributed by atoms with van der Waals surface area (Å²) in [6.45, 7) is 2.80. The van der Waals surface area contributed by atoms with Crippen LogP contribution in [0.4, 0.5) is 5.69 Å². The van der Waals surface area contributed by atoms with Gasteiger partial charge < -0.3 is 10.0 Å². The van der Waals surface area contributed by atoms with E-state index in [1.54, 1.807) is 11.3 Å². The van der Waals surface area contributed by atoms with Crippen molar-refractivity contribution in [3.8, 4) is 0 Å². The first-order chi connectivity index (χ1) is 9.10. The molecule has 0 radical (unpaired) electrons. The number of hydrogen-bond acceptors (Lipinski definition) is 4. The van der Waals surface area contributed by atoms with Crippen molar-refractivity contribution in [1.29, 1.82) is 0 Å². The molecule has 102 valence electrons. The van der Waals surface area contributed by atoms with E-state index in [0.29, 0.717) is 6.42 Å². The number of pyridine rings is 1. The molecular weight excluding hydrogens is 324 g/mol. The Labute approximate surface area is 126 Å². The molecule has 19 heavy (non-hydrogen) atoms. The largest absolute Gasteiger partial charge is 0.387 e. The van der Waals surface area contributed by atoms with Gasteiger partial charge in [-0.3, -0.25) is 4.98 Å². The van der Waals surface area contributed by atoms with E-state index in [9.17, 15) is 5.11 Å². The standard InChI is InChI=1S/C14H17BrN2OS/c1-3-14(18)13-5-4-11(7-16-13)17(2)8-12-6-10(15)9-19-12/h4-7,9,14,18H,3,8H2,1-2H3/t14-/m1/s1. The number of thiophene rings is 1. The third kappa shape index (κ3) is 3.78. The molecule has 0 unspecified atom stereocenters. The van der Waals surface area contributed by atoms with Gasteiger partial charge in [0.25, 0.3) is 0 Å². The fourth-order valence-electron chi connectivity index (χ4n) is 1.79. The van der Waals surface area contributed by atoms with E-state index < -0.39 is 6.10 Å². The summed E-state index contributed by atoms with van der Waals surface area (Å²) >= 11 is 5.20. The lowest BCUT2D eigenvalue weighted by molar-refractivity contribution is 0.169. The fraction of sp³-hybridized carbons (Fsp3) is 0.357. The van der Waals surface area contributed by atoms with Crippen molar-refractivity contribution in [2.45, 2.75) is 26.0 Å². The molecule has 2 aromatic heterocycles. The number of aliphatic hydroxyl groups is 1. The minimum Gasteiger partial charge on any atom is -0.387 e. The van der Waals surface area contributed by atoms with Crippen LogP contribution in [-0.2, 0) is 6.54 Å². The summed E-state index contributed by atoms with van der Waals surface area (Å²) in [5.74, 6) is 0. The second-order valence-corrected chi connectivity index (χ2v) is 6.36. The summed E-state index contributed by atoms with van der Waals surface area (Å²) in [6, 6.07) is 6.03. The Morgan fingerprint density at radius 3 is 2.79 bits per heavy atom. The first-order valence-corrected chi connectivity index (χ1v) is 7.85. The molecule has 0 bridgehead atoms. The van der Waals surface area contributed by atoms with Crippen LogP contribution in [0.3, 0.4) is 0 Å². The minimum atomic E-state index is -0.465. The molecule has 3 nitrogen and oxygen atoms in total. The van der Waals surface area contributed by atoms with Crippen molar-refractivity contribution < 1.29 is 5.11 Å². The lowest BCUT2D eigenvalue weighted by Crippen LogP contribution is -2.16. The molecule has 0 aliphatic heterocycles. The van der Waals surface area contributed by atoms with Gasteiger partial charge in [-0.25, -0.2) is 0 Å². The molecule has 0 spiro atoms. The maximum Gasteiger partial charge on any atom is 0.0957 e. The normalized spacial score (nSPS) is 12.4. The Kier molecular flexibility index (Phi) is 4.96. The Morgan fingerprint density at radius 1 is 1.47 bits per heavy atom. The predicted molar refractivity (Wildman–Crippen MR) is 83.6 cm³/mol. The smallest absolute Gasteiger partial charge is 0.0957 e. The lowest BCUT2D eigenvalue weighted by Gasteiger charge is -2.18. The van der Waals surface area contributed by atoms with Crippen LogP contribution in [0.15, 0.2) is 34.2 Å². The molecule has 5 heteroatoms. The van der Waals surface area contributed by atoms with E-state index in [0.717, 1.165) is 22.4 Å². The highest BCUT2D eigenvalue weighted by atomic mass is 79.9. The van der Waals surface area contributed by atoms with Gasteiger partial charge in [0.15, 0.2) is 0 Å².